The fourth-order valence-electron chi connectivity index (χ4n) is 4.19. The molecule has 2 aromatic carbocycles. The summed E-state index contributed by atoms with van der Waals surface area (Å²) in [6, 6.07) is 12.2. The van der Waals surface area contributed by atoms with Gasteiger partial charge in [0.15, 0.2) is 0 Å². The summed E-state index contributed by atoms with van der Waals surface area (Å²) in [7, 11) is -3.54. The number of para-hydroxylation sites is 1. The smallest absolute Gasteiger partial charge is 0.243 e. The van der Waals surface area contributed by atoms with Crippen LogP contribution in [0.3, 0.4) is 0 Å². The van der Waals surface area contributed by atoms with Crippen LogP contribution in [0.25, 0.3) is 10.9 Å². The van der Waals surface area contributed by atoms with Crippen molar-refractivity contribution in [3.8, 4) is 0 Å². The fraction of sp³-hybridized carbons (Fsp3) is 0.348. The van der Waals surface area contributed by atoms with Crippen molar-refractivity contribution in [1.29, 1.82) is 0 Å². The van der Waals surface area contributed by atoms with Crippen LogP contribution in [-0.4, -0.2) is 48.0 Å². The molecule has 1 aliphatic heterocycles. The van der Waals surface area contributed by atoms with Crippen molar-refractivity contribution in [3.05, 3.63) is 64.4 Å². The van der Waals surface area contributed by atoms with Gasteiger partial charge in [0.1, 0.15) is 0 Å². The molecule has 0 radical (unpaired) electrons. The highest BCUT2D eigenvalue weighted by atomic mass is 32.2. The van der Waals surface area contributed by atoms with Gasteiger partial charge in [-0.25, -0.2) is 8.42 Å². The number of anilines is 1. The van der Waals surface area contributed by atoms with E-state index in [1.807, 2.05) is 26.0 Å². The number of nitrogens with zero attached hydrogens (tertiary/aromatic N) is 4. The first-order valence-electron chi connectivity index (χ1n) is 10.7. The lowest BCUT2D eigenvalue weighted by molar-refractivity contribution is -0.118. The molecule has 168 valence electrons. The lowest BCUT2D eigenvalue weighted by Gasteiger charge is -2.20. The van der Waals surface area contributed by atoms with Crippen LogP contribution in [0.1, 0.15) is 25.8 Å². The number of rotatable bonds is 7. The Morgan fingerprint density at radius 1 is 1.12 bits per heavy atom. The average molecular weight is 455 g/mol. The molecule has 8 nitrogen and oxygen atoms in total. The van der Waals surface area contributed by atoms with Crippen LogP contribution in [0.15, 0.2) is 58.4 Å². The van der Waals surface area contributed by atoms with Crippen LogP contribution in [0.2, 0.25) is 0 Å². The van der Waals surface area contributed by atoms with E-state index >= 15 is 0 Å². The molecule has 1 aliphatic rings. The molecule has 9 heteroatoms. The Kier molecular flexibility index (Phi) is 6.12. The number of carbonyl (C=O) groups is 1. The number of benzene rings is 2. The molecular weight excluding hydrogens is 428 g/mol. The SMILES string of the molecule is CCN(CC)S(=O)(=O)c1ccc2c(c1)CCN2C(=O)CCn1ncc(=O)c2ccccc21. The molecule has 0 atom stereocenters. The number of sulfonamides is 1. The van der Waals surface area contributed by atoms with Crippen LogP contribution < -0.4 is 10.3 Å². The van der Waals surface area contributed by atoms with E-state index in [1.165, 1.54) is 10.5 Å². The summed E-state index contributed by atoms with van der Waals surface area (Å²) in [4.78, 5) is 26.9. The van der Waals surface area contributed by atoms with E-state index in [1.54, 1.807) is 39.9 Å². The zero-order valence-corrected chi connectivity index (χ0v) is 19.0. The topological polar surface area (TPSA) is 92.6 Å². The van der Waals surface area contributed by atoms with Gasteiger partial charge in [-0.05, 0) is 42.3 Å². The highest BCUT2D eigenvalue weighted by Gasteiger charge is 2.28. The zero-order valence-electron chi connectivity index (χ0n) is 18.2. The lowest BCUT2D eigenvalue weighted by atomic mass is 10.2. The molecule has 32 heavy (non-hydrogen) atoms. The average Bonchev–Trinajstić information content (AvgIpc) is 3.23. The molecule has 1 aromatic heterocycles. The number of hydrogen-bond donors (Lipinski definition) is 0. The van der Waals surface area contributed by atoms with Crippen LogP contribution in [0.4, 0.5) is 5.69 Å². The Morgan fingerprint density at radius 3 is 2.62 bits per heavy atom. The summed E-state index contributed by atoms with van der Waals surface area (Å²) in [6.45, 7) is 5.31. The summed E-state index contributed by atoms with van der Waals surface area (Å²) < 4.78 is 28.7. The van der Waals surface area contributed by atoms with Gasteiger partial charge in [0, 0.05) is 37.1 Å². The summed E-state index contributed by atoms with van der Waals surface area (Å²) in [5, 5.41) is 4.76. The van der Waals surface area contributed by atoms with Crippen molar-refractivity contribution in [2.45, 2.75) is 38.1 Å². The van der Waals surface area contributed by atoms with Crippen LogP contribution >= 0.6 is 0 Å². The van der Waals surface area contributed by atoms with E-state index in [0.717, 1.165) is 11.3 Å². The second-order valence-corrected chi connectivity index (χ2v) is 9.61. The predicted molar refractivity (Wildman–Crippen MR) is 123 cm³/mol. The third-order valence-corrected chi connectivity index (χ3v) is 7.94. The molecule has 0 saturated carbocycles. The zero-order chi connectivity index (χ0) is 22.9. The van der Waals surface area contributed by atoms with Gasteiger partial charge in [-0.15, -0.1) is 0 Å². The minimum Gasteiger partial charge on any atom is -0.312 e. The molecule has 0 N–H and O–H groups in total. The van der Waals surface area contributed by atoms with Gasteiger partial charge in [-0.1, -0.05) is 26.0 Å². The molecule has 0 bridgehead atoms. The van der Waals surface area contributed by atoms with Gasteiger partial charge in [-0.2, -0.15) is 9.40 Å². The minimum absolute atomic E-state index is 0.0623. The van der Waals surface area contributed by atoms with Gasteiger partial charge in [0.05, 0.1) is 23.2 Å². The number of hydrogen-bond acceptors (Lipinski definition) is 5. The third kappa shape index (κ3) is 3.93. The Bertz CT molecular complexity index is 1330. The van der Waals surface area contributed by atoms with E-state index in [2.05, 4.69) is 5.10 Å². The minimum atomic E-state index is -3.54. The van der Waals surface area contributed by atoms with E-state index in [0.29, 0.717) is 43.5 Å². The second kappa shape index (κ2) is 8.84. The van der Waals surface area contributed by atoms with Crippen molar-refractivity contribution >= 4 is 32.5 Å². The van der Waals surface area contributed by atoms with Crippen molar-refractivity contribution in [2.24, 2.45) is 0 Å². The highest BCUT2D eigenvalue weighted by Crippen LogP contribution is 2.31. The van der Waals surface area contributed by atoms with Crippen molar-refractivity contribution in [1.82, 2.24) is 14.1 Å². The van der Waals surface area contributed by atoms with Gasteiger partial charge in [0.25, 0.3) is 0 Å². The third-order valence-electron chi connectivity index (χ3n) is 5.89. The lowest BCUT2D eigenvalue weighted by Crippen LogP contribution is -2.31. The Hall–Kier alpha value is -3.04. The highest BCUT2D eigenvalue weighted by molar-refractivity contribution is 7.89. The molecule has 4 rings (SSSR count). The summed E-state index contributed by atoms with van der Waals surface area (Å²) in [5.74, 6) is -0.0623. The predicted octanol–water partition coefficient (Wildman–Crippen LogP) is 2.41. The summed E-state index contributed by atoms with van der Waals surface area (Å²) in [5.41, 5.74) is 2.16. The van der Waals surface area contributed by atoms with Crippen LogP contribution in [-0.2, 0) is 27.8 Å². The normalized spacial score (nSPS) is 13.7. The molecule has 0 fully saturated rings. The first-order chi connectivity index (χ1) is 15.4. The summed E-state index contributed by atoms with van der Waals surface area (Å²) >= 11 is 0. The van der Waals surface area contributed by atoms with Gasteiger partial charge in [0.2, 0.25) is 21.4 Å². The van der Waals surface area contributed by atoms with E-state index < -0.39 is 10.0 Å². The van der Waals surface area contributed by atoms with Gasteiger partial charge >= 0.3 is 0 Å². The Labute approximate surface area is 187 Å². The summed E-state index contributed by atoms with van der Waals surface area (Å²) in [6.07, 6.45) is 2.11. The first-order valence-corrected chi connectivity index (χ1v) is 12.2. The van der Waals surface area contributed by atoms with E-state index in [9.17, 15) is 18.0 Å². The fourth-order valence-corrected chi connectivity index (χ4v) is 5.70. The maximum absolute atomic E-state index is 13.0. The molecule has 1 amide bonds. The second-order valence-electron chi connectivity index (χ2n) is 7.67. The number of amides is 1. The maximum Gasteiger partial charge on any atom is 0.243 e. The molecule has 0 unspecified atom stereocenters. The Morgan fingerprint density at radius 2 is 1.88 bits per heavy atom. The molecular formula is C23H26N4O4S. The molecule has 0 aliphatic carbocycles. The molecule has 0 spiro atoms. The Balaban J connectivity index is 1.52. The quantitative estimate of drug-likeness (QED) is 0.547. The standard InChI is InChI=1S/C23H26N4O4S/c1-3-25(4-2)32(30,31)18-9-10-20-17(15-18)11-13-26(20)23(29)12-14-27-21-8-6-5-7-19(21)22(28)16-24-27/h5-10,15-16H,3-4,11-14H2,1-2H3. The number of carbonyl (C=O) groups excluding carboxylic acids is 1. The van der Waals surface area contributed by atoms with Crippen LogP contribution in [0, 0.1) is 0 Å². The number of aryl methyl sites for hydroxylation is 1. The van der Waals surface area contributed by atoms with Crippen molar-refractivity contribution in [3.63, 3.8) is 0 Å². The number of fused-ring (bicyclic) bond motifs is 2. The van der Waals surface area contributed by atoms with Crippen molar-refractivity contribution < 1.29 is 13.2 Å². The van der Waals surface area contributed by atoms with Crippen LogP contribution in [0.5, 0.6) is 0 Å². The molecule has 2 heterocycles. The maximum atomic E-state index is 13.0. The van der Waals surface area contributed by atoms with E-state index in [-0.39, 0.29) is 22.7 Å². The monoisotopic (exact) mass is 454 g/mol. The molecule has 0 saturated heterocycles. The first kappa shape index (κ1) is 22.2. The van der Waals surface area contributed by atoms with E-state index in [4.69, 9.17) is 0 Å². The van der Waals surface area contributed by atoms with Gasteiger partial charge < -0.3 is 4.90 Å². The molecule has 3 aromatic rings. The largest absolute Gasteiger partial charge is 0.312 e. The van der Waals surface area contributed by atoms with Gasteiger partial charge in [-0.3, -0.25) is 14.3 Å². The van der Waals surface area contributed by atoms with Crippen molar-refractivity contribution in [2.75, 3.05) is 24.5 Å². The number of aromatic nitrogens is 2.